The van der Waals surface area contributed by atoms with Gasteiger partial charge in [0, 0.05) is 31.8 Å². The van der Waals surface area contributed by atoms with Crippen molar-refractivity contribution in [3.05, 3.63) is 53.3 Å². The first-order valence-corrected chi connectivity index (χ1v) is 10.00. The van der Waals surface area contributed by atoms with Crippen molar-refractivity contribution in [1.82, 2.24) is 0 Å². The van der Waals surface area contributed by atoms with E-state index < -0.39 is 0 Å². The van der Waals surface area contributed by atoms with E-state index in [1.54, 1.807) is 0 Å². The molecule has 1 aliphatic carbocycles. The molecule has 1 N–H and O–H groups in total. The van der Waals surface area contributed by atoms with Gasteiger partial charge < -0.3 is 10.2 Å². The topological polar surface area (TPSA) is 44.7 Å². The van der Waals surface area contributed by atoms with E-state index in [0.717, 1.165) is 23.5 Å². The van der Waals surface area contributed by atoms with Gasteiger partial charge in [0.2, 0.25) is 0 Å². The maximum absolute atomic E-state index is 13.1. The Morgan fingerprint density at radius 3 is 2.50 bits per heavy atom. The number of carbonyl (C=O) groups excluding carboxylic acids is 1. The molecule has 1 heterocycles. The molecule has 2 aliphatic rings. The van der Waals surface area contributed by atoms with E-state index in [0.29, 0.717) is 11.5 Å². The minimum absolute atomic E-state index is 0.252. The Balaban J connectivity index is 1.61. The van der Waals surface area contributed by atoms with Crippen molar-refractivity contribution >= 4 is 28.7 Å². The molecule has 0 aromatic heterocycles. The Hall–Kier alpha value is -2.69. The standard InChI is InChI=1S/C23H26FN3O/c1-27(2)22-13-17-12-19(15-6-4-3-5-7-15)25-20(17)14-21(22)26-23(28)16-8-10-18(24)11-9-16/h8-11,13-15H,3-7,12H2,1-2H3,(H,26,28). The molecule has 0 bridgehead atoms. The number of fused-ring (bicyclic) bond motifs is 1. The third kappa shape index (κ3) is 3.79. The normalized spacial score (nSPS) is 16.5. The first-order chi connectivity index (χ1) is 13.5. The number of amides is 1. The number of aliphatic imine (C=N–C) groups is 1. The summed E-state index contributed by atoms with van der Waals surface area (Å²) >= 11 is 0. The van der Waals surface area contributed by atoms with Gasteiger partial charge in [-0.3, -0.25) is 9.79 Å². The van der Waals surface area contributed by atoms with Gasteiger partial charge >= 0.3 is 0 Å². The summed E-state index contributed by atoms with van der Waals surface area (Å²) < 4.78 is 13.1. The Kier molecular flexibility index (Phi) is 5.16. The number of hydrogen-bond acceptors (Lipinski definition) is 3. The number of hydrogen-bond donors (Lipinski definition) is 1. The minimum atomic E-state index is -0.354. The van der Waals surface area contributed by atoms with Crippen LogP contribution in [0.4, 0.5) is 21.5 Å². The fraction of sp³-hybridized carbons (Fsp3) is 0.391. The summed E-state index contributed by atoms with van der Waals surface area (Å²) in [6, 6.07) is 9.69. The average molecular weight is 379 g/mol. The minimum Gasteiger partial charge on any atom is -0.376 e. The molecule has 4 rings (SSSR count). The number of nitrogens with zero attached hydrogens (tertiary/aromatic N) is 2. The first-order valence-electron chi connectivity index (χ1n) is 10.00. The lowest BCUT2D eigenvalue weighted by Gasteiger charge is -2.21. The van der Waals surface area contributed by atoms with Crippen molar-refractivity contribution in [3.8, 4) is 0 Å². The number of anilines is 2. The molecular formula is C23H26FN3O. The predicted octanol–water partition coefficient (Wildman–Crippen LogP) is 5.35. The van der Waals surface area contributed by atoms with Gasteiger partial charge in [0.15, 0.2) is 0 Å². The van der Waals surface area contributed by atoms with Crippen LogP contribution in [-0.2, 0) is 6.42 Å². The van der Waals surface area contributed by atoms with E-state index in [9.17, 15) is 9.18 Å². The maximum Gasteiger partial charge on any atom is 0.255 e. The zero-order valence-corrected chi connectivity index (χ0v) is 16.5. The zero-order valence-electron chi connectivity index (χ0n) is 16.5. The molecule has 2 aromatic carbocycles. The quantitative estimate of drug-likeness (QED) is 0.778. The summed E-state index contributed by atoms with van der Waals surface area (Å²) in [5.41, 5.74) is 5.59. The van der Waals surface area contributed by atoms with Crippen LogP contribution in [0.1, 0.15) is 48.0 Å². The van der Waals surface area contributed by atoms with Crippen LogP contribution >= 0.6 is 0 Å². The molecule has 0 unspecified atom stereocenters. The highest BCUT2D eigenvalue weighted by Crippen LogP contribution is 2.39. The van der Waals surface area contributed by atoms with Crippen LogP contribution in [-0.4, -0.2) is 25.7 Å². The van der Waals surface area contributed by atoms with Crippen molar-refractivity contribution in [2.45, 2.75) is 38.5 Å². The van der Waals surface area contributed by atoms with Gasteiger partial charge in [-0.1, -0.05) is 19.3 Å². The van der Waals surface area contributed by atoms with Crippen LogP contribution < -0.4 is 10.2 Å². The molecule has 1 amide bonds. The number of rotatable bonds is 4. The largest absolute Gasteiger partial charge is 0.376 e. The second-order valence-corrected chi connectivity index (χ2v) is 7.97. The van der Waals surface area contributed by atoms with Crippen molar-refractivity contribution in [1.29, 1.82) is 0 Å². The average Bonchev–Trinajstić information content (AvgIpc) is 3.11. The molecule has 2 aromatic rings. The number of nitrogens with one attached hydrogen (secondary N) is 1. The summed E-state index contributed by atoms with van der Waals surface area (Å²) in [5, 5.41) is 2.98. The van der Waals surface area contributed by atoms with E-state index >= 15 is 0 Å². The highest BCUT2D eigenvalue weighted by atomic mass is 19.1. The summed E-state index contributed by atoms with van der Waals surface area (Å²) in [4.78, 5) is 19.5. The number of halogens is 1. The van der Waals surface area contributed by atoms with Crippen molar-refractivity contribution in [3.63, 3.8) is 0 Å². The molecule has 1 aliphatic heterocycles. The molecule has 28 heavy (non-hydrogen) atoms. The van der Waals surface area contributed by atoms with Gasteiger partial charge in [-0.05, 0) is 60.7 Å². The Morgan fingerprint density at radius 1 is 1.11 bits per heavy atom. The fourth-order valence-corrected chi connectivity index (χ4v) is 4.19. The highest BCUT2D eigenvalue weighted by Gasteiger charge is 2.26. The van der Waals surface area contributed by atoms with Crippen LogP contribution in [0.3, 0.4) is 0 Å². The van der Waals surface area contributed by atoms with Gasteiger partial charge in [-0.25, -0.2) is 4.39 Å². The molecule has 4 nitrogen and oxygen atoms in total. The van der Waals surface area contributed by atoms with Gasteiger partial charge in [-0.15, -0.1) is 0 Å². The third-order valence-electron chi connectivity index (χ3n) is 5.75. The van der Waals surface area contributed by atoms with Crippen LogP contribution in [0.25, 0.3) is 0 Å². The van der Waals surface area contributed by atoms with Gasteiger partial charge in [0.25, 0.3) is 5.91 Å². The van der Waals surface area contributed by atoms with Crippen LogP contribution in [0, 0.1) is 11.7 Å². The third-order valence-corrected chi connectivity index (χ3v) is 5.75. The van der Waals surface area contributed by atoms with Crippen LogP contribution in [0.15, 0.2) is 41.4 Å². The number of benzene rings is 2. The fourth-order valence-electron chi connectivity index (χ4n) is 4.19. The van der Waals surface area contributed by atoms with E-state index in [4.69, 9.17) is 4.99 Å². The van der Waals surface area contributed by atoms with Gasteiger partial charge in [0.05, 0.1) is 17.1 Å². The summed E-state index contributed by atoms with van der Waals surface area (Å²) in [6.45, 7) is 0. The summed E-state index contributed by atoms with van der Waals surface area (Å²) in [6.07, 6.45) is 7.31. The highest BCUT2D eigenvalue weighted by molar-refractivity contribution is 6.07. The smallest absolute Gasteiger partial charge is 0.255 e. The first kappa shape index (κ1) is 18.7. The Morgan fingerprint density at radius 2 is 1.82 bits per heavy atom. The van der Waals surface area contributed by atoms with E-state index in [1.165, 1.54) is 67.6 Å². The zero-order chi connectivity index (χ0) is 19.7. The maximum atomic E-state index is 13.1. The van der Waals surface area contributed by atoms with Crippen molar-refractivity contribution in [2.24, 2.45) is 10.9 Å². The molecule has 1 fully saturated rings. The predicted molar refractivity (Wildman–Crippen MR) is 112 cm³/mol. The van der Waals surface area contributed by atoms with E-state index in [2.05, 4.69) is 11.4 Å². The summed E-state index contributed by atoms with van der Waals surface area (Å²) in [7, 11) is 3.93. The van der Waals surface area contributed by atoms with Crippen molar-refractivity contribution in [2.75, 3.05) is 24.3 Å². The van der Waals surface area contributed by atoms with E-state index in [-0.39, 0.29) is 11.7 Å². The van der Waals surface area contributed by atoms with Crippen LogP contribution in [0.5, 0.6) is 0 Å². The van der Waals surface area contributed by atoms with E-state index in [1.807, 2.05) is 25.1 Å². The number of carbonyl (C=O) groups is 1. The van der Waals surface area contributed by atoms with Crippen LogP contribution in [0.2, 0.25) is 0 Å². The van der Waals surface area contributed by atoms with Gasteiger partial charge in [-0.2, -0.15) is 0 Å². The molecule has 0 radical (unpaired) electrons. The lowest BCUT2D eigenvalue weighted by Crippen LogP contribution is -2.18. The second-order valence-electron chi connectivity index (χ2n) is 7.97. The second kappa shape index (κ2) is 7.74. The molecule has 0 spiro atoms. The monoisotopic (exact) mass is 379 g/mol. The lowest BCUT2D eigenvalue weighted by atomic mass is 9.84. The molecule has 0 atom stereocenters. The molecular weight excluding hydrogens is 353 g/mol. The lowest BCUT2D eigenvalue weighted by molar-refractivity contribution is 0.102. The molecule has 1 saturated carbocycles. The summed E-state index contributed by atoms with van der Waals surface area (Å²) in [5.74, 6) is -0.00798. The molecule has 0 saturated heterocycles. The SMILES string of the molecule is CN(C)c1cc2c(cc1NC(=O)c1ccc(F)cc1)N=C(C1CCCCC1)C2. The van der Waals surface area contributed by atoms with Crippen molar-refractivity contribution < 1.29 is 9.18 Å². The van der Waals surface area contributed by atoms with Gasteiger partial charge in [0.1, 0.15) is 5.82 Å². The Labute approximate surface area is 165 Å². The molecule has 5 heteroatoms. The Bertz CT molecular complexity index is 912. The molecule has 146 valence electrons.